The van der Waals surface area contributed by atoms with Gasteiger partial charge in [0.1, 0.15) is 6.61 Å². The molecule has 1 heterocycles. The van der Waals surface area contributed by atoms with Crippen LogP contribution in [0.25, 0.3) is 0 Å². The van der Waals surface area contributed by atoms with Gasteiger partial charge < -0.3 is 19.1 Å². The zero-order valence-electron chi connectivity index (χ0n) is 13.8. The van der Waals surface area contributed by atoms with E-state index >= 15 is 0 Å². The molecule has 1 aromatic carbocycles. The standard InChI is InChI=1S/C17H21NO6/c1-22-15(19)13-8-14(16(20)23-2)10-18(9-13)17(21)24-11-12-6-4-3-5-7-12/h3-7,13-14H,8-11H2,1-2H3/t13-,14+. The number of carbonyl (C=O) groups is 3. The van der Waals surface area contributed by atoms with Gasteiger partial charge in [-0.05, 0) is 12.0 Å². The molecule has 1 saturated heterocycles. The first-order chi connectivity index (χ1) is 11.5. The van der Waals surface area contributed by atoms with Gasteiger partial charge in [-0.1, -0.05) is 30.3 Å². The topological polar surface area (TPSA) is 82.1 Å². The van der Waals surface area contributed by atoms with Crippen molar-refractivity contribution in [3.63, 3.8) is 0 Å². The first-order valence-corrected chi connectivity index (χ1v) is 7.66. The number of hydrogen-bond acceptors (Lipinski definition) is 6. The van der Waals surface area contributed by atoms with Crippen molar-refractivity contribution in [3.8, 4) is 0 Å². The van der Waals surface area contributed by atoms with Crippen LogP contribution >= 0.6 is 0 Å². The lowest BCUT2D eigenvalue weighted by Crippen LogP contribution is -2.48. The van der Waals surface area contributed by atoms with Gasteiger partial charge in [0.2, 0.25) is 0 Å². The molecule has 1 aliphatic heterocycles. The molecule has 0 spiro atoms. The Labute approximate surface area is 140 Å². The second-order valence-electron chi connectivity index (χ2n) is 5.62. The highest BCUT2D eigenvalue weighted by atomic mass is 16.6. The van der Waals surface area contributed by atoms with Gasteiger partial charge in [-0.2, -0.15) is 0 Å². The van der Waals surface area contributed by atoms with Crippen LogP contribution in [0.1, 0.15) is 12.0 Å². The fraction of sp³-hybridized carbons (Fsp3) is 0.471. The first kappa shape index (κ1) is 17.8. The van der Waals surface area contributed by atoms with E-state index in [0.717, 1.165) is 5.56 Å². The average molecular weight is 335 g/mol. The molecule has 0 aromatic heterocycles. The quantitative estimate of drug-likeness (QED) is 0.614. The molecule has 130 valence electrons. The number of methoxy groups -OCH3 is 2. The summed E-state index contributed by atoms with van der Waals surface area (Å²) in [6.07, 6.45) is -0.275. The van der Waals surface area contributed by atoms with E-state index in [9.17, 15) is 14.4 Å². The summed E-state index contributed by atoms with van der Waals surface area (Å²) in [5, 5.41) is 0. The van der Waals surface area contributed by atoms with Gasteiger partial charge in [0.05, 0.1) is 26.1 Å². The number of amides is 1. The smallest absolute Gasteiger partial charge is 0.410 e. The van der Waals surface area contributed by atoms with Crippen LogP contribution < -0.4 is 0 Å². The van der Waals surface area contributed by atoms with Gasteiger partial charge in [-0.3, -0.25) is 9.59 Å². The molecular formula is C17H21NO6. The molecule has 0 radical (unpaired) electrons. The van der Waals surface area contributed by atoms with Crippen molar-refractivity contribution in [2.75, 3.05) is 27.3 Å². The van der Waals surface area contributed by atoms with Crippen molar-refractivity contribution < 1.29 is 28.6 Å². The number of carbonyl (C=O) groups excluding carboxylic acids is 3. The number of esters is 2. The fourth-order valence-electron chi connectivity index (χ4n) is 2.73. The normalized spacial score (nSPS) is 20.2. The minimum absolute atomic E-state index is 0.127. The van der Waals surface area contributed by atoms with Crippen molar-refractivity contribution in [3.05, 3.63) is 35.9 Å². The number of likely N-dealkylation sites (tertiary alicyclic amines) is 1. The van der Waals surface area contributed by atoms with Crippen molar-refractivity contribution in [1.82, 2.24) is 4.90 Å². The van der Waals surface area contributed by atoms with Crippen molar-refractivity contribution in [2.24, 2.45) is 11.8 Å². The Bertz CT molecular complexity index is 564. The Balaban J connectivity index is 2.01. The summed E-state index contributed by atoms with van der Waals surface area (Å²) >= 11 is 0. The van der Waals surface area contributed by atoms with E-state index in [0.29, 0.717) is 6.42 Å². The first-order valence-electron chi connectivity index (χ1n) is 7.66. The highest BCUT2D eigenvalue weighted by Gasteiger charge is 2.38. The minimum Gasteiger partial charge on any atom is -0.469 e. The Kier molecular flexibility index (Phi) is 6.17. The predicted octanol–water partition coefficient (Wildman–Crippen LogP) is 1.61. The van der Waals surface area contributed by atoms with Crippen LogP contribution in [0, 0.1) is 11.8 Å². The maximum absolute atomic E-state index is 12.3. The highest BCUT2D eigenvalue weighted by molar-refractivity contribution is 5.79. The molecule has 0 saturated carbocycles. The van der Waals surface area contributed by atoms with E-state index < -0.39 is 29.9 Å². The Morgan fingerprint density at radius 3 is 2.04 bits per heavy atom. The Hall–Kier alpha value is -2.57. The number of piperidine rings is 1. The molecule has 1 amide bonds. The summed E-state index contributed by atoms with van der Waals surface area (Å²) < 4.78 is 14.8. The molecule has 7 nitrogen and oxygen atoms in total. The van der Waals surface area contributed by atoms with Gasteiger partial charge in [0, 0.05) is 13.1 Å². The molecular weight excluding hydrogens is 314 g/mol. The van der Waals surface area contributed by atoms with Gasteiger partial charge in [0.15, 0.2) is 0 Å². The van der Waals surface area contributed by atoms with Gasteiger partial charge in [-0.15, -0.1) is 0 Å². The molecule has 7 heteroatoms. The maximum atomic E-state index is 12.3. The average Bonchev–Trinajstić information content (AvgIpc) is 2.65. The third kappa shape index (κ3) is 4.47. The lowest BCUT2D eigenvalue weighted by molar-refractivity contribution is -0.153. The van der Waals surface area contributed by atoms with Gasteiger partial charge in [0.25, 0.3) is 0 Å². The van der Waals surface area contributed by atoms with E-state index in [-0.39, 0.29) is 19.7 Å². The van der Waals surface area contributed by atoms with Crippen molar-refractivity contribution >= 4 is 18.0 Å². The van der Waals surface area contributed by atoms with E-state index in [1.165, 1.54) is 19.1 Å². The van der Waals surface area contributed by atoms with Crippen molar-refractivity contribution in [1.29, 1.82) is 0 Å². The summed E-state index contributed by atoms with van der Waals surface area (Å²) in [4.78, 5) is 37.3. The third-order valence-corrected chi connectivity index (χ3v) is 3.98. The molecule has 0 unspecified atom stereocenters. The van der Waals surface area contributed by atoms with E-state index in [1.807, 2.05) is 30.3 Å². The zero-order chi connectivity index (χ0) is 17.5. The molecule has 1 fully saturated rings. The van der Waals surface area contributed by atoms with Crippen LogP contribution in [-0.2, 0) is 30.4 Å². The van der Waals surface area contributed by atoms with Crippen LogP contribution in [-0.4, -0.2) is 50.2 Å². The highest BCUT2D eigenvalue weighted by Crippen LogP contribution is 2.24. The monoisotopic (exact) mass is 335 g/mol. The van der Waals surface area contributed by atoms with E-state index in [1.54, 1.807) is 0 Å². The summed E-state index contributed by atoms with van der Waals surface area (Å²) in [5.41, 5.74) is 0.858. The molecule has 0 aliphatic carbocycles. The van der Waals surface area contributed by atoms with Gasteiger partial charge in [-0.25, -0.2) is 4.79 Å². The maximum Gasteiger partial charge on any atom is 0.410 e. The van der Waals surface area contributed by atoms with E-state index in [2.05, 4.69) is 0 Å². The minimum atomic E-state index is -0.572. The zero-order valence-corrected chi connectivity index (χ0v) is 13.8. The number of benzene rings is 1. The number of rotatable bonds is 4. The lowest BCUT2D eigenvalue weighted by Gasteiger charge is -2.34. The number of ether oxygens (including phenoxy) is 3. The van der Waals surface area contributed by atoms with Crippen LogP contribution in [0.3, 0.4) is 0 Å². The number of hydrogen-bond donors (Lipinski definition) is 0. The second-order valence-corrected chi connectivity index (χ2v) is 5.62. The second kappa shape index (κ2) is 8.33. The molecule has 24 heavy (non-hydrogen) atoms. The molecule has 2 rings (SSSR count). The molecule has 1 aliphatic rings. The van der Waals surface area contributed by atoms with Crippen LogP contribution in [0.2, 0.25) is 0 Å². The fourth-order valence-corrected chi connectivity index (χ4v) is 2.73. The molecule has 0 N–H and O–H groups in total. The third-order valence-electron chi connectivity index (χ3n) is 3.98. The number of nitrogens with zero attached hydrogens (tertiary/aromatic N) is 1. The SMILES string of the molecule is COC(=O)[C@@H]1C[C@H](C(=O)OC)CN(C(=O)OCc2ccccc2)C1. The Morgan fingerprint density at radius 2 is 1.54 bits per heavy atom. The Morgan fingerprint density at radius 1 is 1.00 bits per heavy atom. The van der Waals surface area contributed by atoms with E-state index in [4.69, 9.17) is 14.2 Å². The van der Waals surface area contributed by atoms with Crippen LogP contribution in [0.5, 0.6) is 0 Å². The summed E-state index contributed by atoms with van der Waals surface area (Å²) in [6, 6.07) is 9.27. The molecule has 0 bridgehead atoms. The van der Waals surface area contributed by atoms with Crippen LogP contribution in [0.15, 0.2) is 30.3 Å². The largest absolute Gasteiger partial charge is 0.469 e. The molecule has 1 aromatic rings. The molecule has 2 atom stereocenters. The van der Waals surface area contributed by atoms with Gasteiger partial charge >= 0.3 is 18.0 Å². The summed E-state index contributed by atoms with van der Waals surface area (Å²) in [7, 11) is 2.56. The van der Waals surface area contributed by atoms with Crippen LogP contribution in [0.4, 0.5) is 4.79 Å². The van der Waals surface area contributed by atoms with Crippen molar-refractivity contribution in [2.45, 2.75) is 13.0 Å². The summed E-state index contributed by atoms with van der Waals surface area (Å²) in [5.74, 6) is -2.05. The predicted molar refractivity (Wildman–Crippen MR) is 83.8 cm³/mol. The lowest BCUT2D eigenvalue weighted by atomic mass is 9.89. The summed E-state index contributed by atoms with van der Waals surface area (Å²) in [6.45, 7) is 0.448.